The lowest BCUT2D eigenvalue weighted by molar-refractivity contribution is 0.102. The van der Waals surface area contributed by atoms with E-state index in [1.165, 1.54) is 0 Å². The summed E-state index contributed by atoms with van der Waals surface area (Å²) in [5, 5.41) is 3.65. The number of hydrogen-bond acceptors (Lipinski definition) is 4. The molecule has 0 bridgehead atoms. The third-order valence-corrected chi connectivity index (χ3v) is 3.33. The standard InChI is InChI=1S/C16H14N4O2/c1-9-13(15(21)19-10(2)18-9)16(22)20-12-7-3-5-11-6-4-8-17-14(11)12/h3-8H,1-2H3,(H,20,22)(H,18,19,21). The number of pyridine rings is 1. The number of hydrogen-bond donors (Lipinski definition) is 2. The van der Waals surface area contributed by atoms with Gasteiger partial charge in [-0.3, -0.25) is 14.6 Å². The Bertz CT molecular complexity index is 926. The number of carbonyl (C=O) groups is 1. The van der Waals surface area contributed by atoms with Crippen LogP contribution in [0.25, 0.3) is 10.9 Å². The van der Waals surface area contributed by atoms with Gasteiger partial charge in [-0.05, 0) is 26.0 Å². The zero-order valence-electron chi connectivity index (χ0n) is 12.2. The molecule has 0 fully saturated rings. The van der Waals surface area contributed by atoms with Crippen molar-refractivity contribution in [2.75, 3.05) is 5.32 Å². The van der Waals surface area contributed by atoms with E-state index in [1.54, 1.807) is 26.1 Å². The number of rotatable bonds is 2. The quantitative estimate of drug-likeness (QED) is 0.758. The Balaban J connectivity index is 2.03. The van der Waals surface area contributed by atoms with E-state index in [0.29, 0.717) is 22.7 Å². The highest BCUT2D eigenvalue weighted by Crippen LogP contribution is 2.21. The van der Waals surface area contributed by atoms with E-state index in [4.69, 9.17) is 0 Å². The highest BCUT2D eigenvalue weighted by atomic mass is 16.2. The van der Waals surface area contributed by atoms with Crippen LogP contribution in [-0.4, -0.2) is 20.9 Å². The first-order valence-corrected chi connectivity index (χ1v) is 6.79. The number of nitrogens with zero attached hydrogens (tertiary/aromatic N) is 2. The maximum Gasteiger partial charge on any atom is 0.264 e. The first kappa shape index (κ1) is 13.9. The summed E-state index contributed by atoms with van der Waals surface area (Å²) in [4.78, 5) is 35.3. The zero-order valence-corrected chi connectivity index (χ0v) is 12.2. The molecule has 6 heteroatoms. The molecule has 0 radical (unpaired) electrons. The van der Waals surface area contributed by atoms with E-state index in [1.807, 2.05) is 24.3 Å². The Morgan fingerprint density at radius 3 is 2.73 bits per heavy atom. The van der Waals surface area contributed by atoms with Crippen molar-refractivity contribution in [1.82, 2.24) is 15.0 Å². The Morgan fingerprint density at radius 1 is 1.18 bits per heavy atom. The first-order valence-electron chi connectivity index (χ1n) is 6.79. The van der Waals surface area contributed by atoms with Crippen LogP contribution in [0.5, 0.6) is 0 Å². The van der Waals surface area contributed by atoms with Crippen molar-refractivity contribution in [2.45, 2.75) is 13.8 Å². The molecule has 2 heterocycles. The van der Waals surface area contributed by atoms with Crippen LogP contribution in [-0.2, 0) is 0 Å². The van der Waals surface area contributed by atoms with Gasteiger partial charge in [0.25, 0.3) is 11.5 Å². The molecule has 110 valence electrons. The summed E-state index contributed by atoms with van der Waals surface area (Å²) >= 11 is 0. The van der Waals surface area contributed by atoms with Gasteiger partial charge < -0.3 is 10.3 Å². The Morgan fingerprint density at radius 2 is 1.95 bits per heavy atom. The summed E-state index contributed by atoms with van der Waals surface area (Å²) in [5.41, 5.74) is 1.19. The molecule has 1 amide bonds. The summed E-state index contributed by atoms with van der Waals surface area (Å²) in [6.07, 6.45) is 1.66. The van der Waals surface area contributed by atoms with Gasteiger partial charge >= 0.3 is 0 Å². The average Bonchev–Trinajstić information content (AvgIpc) is 2.46. The van der Waals surface area contributed by atoms with Crippen molar-refractivity contribution in [3.8, 4) is 0 Å². The lowest BCUT2D eigenvalue weighted by Crippen LogP contribution is -2.26. The molecule has 3 rings (SSSR count). The molecule has 0 atom stereocenters. The van der Waals surface area contributed by atoms with E-state index < -0.39 is 11.5 Å². The molecule has 2 aromatic heterocycles. The van der Waals surface area contributed by atoms with Crippen molar-refractivity contribution in [3.63, 3.8) is 0 Å². The SMILES string of the molecule is Cc1nc(C)c(C(=O)Nc2cccc3cccnc23)c(=O)[nH]1. The van der Waals surface area contributed by atoms with Gasteiger partial charge in [-0.2, -0.15) is 0 Å². The number of aromatic amines is 1. The zero-order chi connectivity index (χ0) is 15.7. The Hall–Kier alpha value is -3.02. The molecule has 22 heavy (non-hydrogen) atoms. The average molecular weight is 294 g/mol. The fourth-order valence-corrected chi connectivity index (χ4v) is 2.38. The smallest absolute Gasteiger partial charge is 0.264 e. The van der Waals surface area contributed by atoms with Crippen LogP contribution >= 0.6 is 0 Å². The van der Waals surface area contributed by atoms with Gasteiger partial charge in [0.1, 0.15) is 11.4 Å². The van der Waals surface area contributed by atoms with Crippen molar-refractivity contribution in [2.24, 2.45) is 0 Å². The van der Waals surface area contributed by atoms with Crippen LogP contribution in [0.1, 0.15) is 21.9 Å². The maximum absolute atomic E-state index is 12.4. The normalized spacial score (nSPS) is 10.6. The van der Waals surface area contributed by atoms with Crippen LogP contribution in [0.2, 0.25) is 0 Å². The molecule has 0 unspecified atom stereocenters. The van der Waals surface area contributed by atoms with Crippen molar-refractivity contribution < 1.29 is 4.79 Å². The lowest BCUT2D eigenvalue weighted by atomic mass is 10.1. The number of amides is 1. The van der Waals surface area contributed by atoms with Crippen molar-refractivity contribution in [1.29, 1.82) is 0 Å². The molecule has 0 aliphatic heterocycles. The molecule has 3 aromatic rings. The van der Waals surface area contributed by atoms with Crippen LogP contribution in [0.3, 0.4) is 0 Å². The summed E-state index contributed by atoms with van der Waals surface area (Å²) in [5.74, 6) is -0.0183. The molecule has 2 N–H and O–H groups in total. The number of aromatic nitrogens is 3. The third kappa shape index (κ3) is 2.46. The molecular formula is C16H14N4O2. The van der Waals surface area contributed by atoms with Gasteiger partial charge in [-0.15, -0.1) is 0 Å². The van der Waals surface area contributed by atoms with Crippen molar-refractivity contribution >= 4 is 22.5 Å². The van der Waals surface area contributed by atoms with E-state index >= 15 is 0 Å². The number of fused-ring (bicyclic) bond motifs is 1. The lowest BCUT2D eigenvalue weighted by Gasteiger charge is -2.09. The minimum Gasteiger partial charge on any atom is -0.320 e. The highest BCUT2D eigenvalue weighted by Gasteiger charge is 2.16. The number of benzene rings is 1. The second kappa shape index (κ2) is 5.40. The summed E-state index contributed by atoms with van der Waals surface area (Å²) < 4.78 is 0. The summed E-state index contributed by atoms with van der Waals surface area (Å²) in [7, 11) is 0. The fourth-order valence-electron chi connectivity index (χ4n) is 2.38. The van der Waals surface area contributed by atoms with Gasteiger partial charge in [0.15, 0.2) is 0 Å². The summed E-state index contributed by atoms with van der Waals surface area (Å²) in [6, 6.07) is 9.21. The monoisotopic (exact) mass is 294 g/mol. The Kier molecular flexibility index (Phi) is 3.42. The van der Waals surface area contributed by atoms with Gasteiger partial charge in [-0.25, -0.2) is 4.98 Å². The highest BCUT2D eigenvalue weighted by molar-refractivity contribution is 6.08. The fraction of sp³-hybridized carbons (Fsp3) is 0.125. The number of anilines is 1. The minimum absolute atomic E-state index is 0.0125. The largest absolute Gasteiger partial charge is 0.320 e. The van der Waals surface area contributed by atoms with Gasteiger partial charge in [-0.1, -0.05) is 18.2 Å². The number of nitrogens with one attached hydrogen (secondary N) is 2. The predicted octanol–water partition coefficient (Wildman–Crippen LogP) is 2.19. The van der Waals surface area contributed by atoms with E-state index in [0.717, 1.165) is 5.39 Å². The number of H-pyrrole nitrogens is 1. The van der Waals surface area contributed by atoms with Crippen LogP contribution in [0.4, 0.5) is 5.69 Å². The molecular weight excluding hydrogens is 280 g/mol. The van der Waals surface area contributed by atoms with E-state index in [-0.39, 0.29) is 5.56 Å². The van der Waals surface area contributed by atoms with Crippen LogP contribution < -0.4 is 10.9 Å². The molecule has 0 spiro atoms. The van der Waals surface area contributed by atoms with Gasteiger partial charge in [0.05, 0.1) is 16.9 Å². The molecule has 0 aliphatic rings. The predicted molar refractivity (Wildman–Crippen MR) is 84.0 cm³/mol. The summed E-state index contributed by atoms with van der Waals surface area (Å²) in [6.45, 7) is 3.31. The second-order valence-corrected chi connectivity index (χ2v) is 4.95. The molecule has 0 saturated heterocycles. The maximum atomic E-state index is 12.4. The van der Waals surface area contributed by atoms with Crippen LogP contribution in [0, 0.1) is 13.8 Å². The molecule has 1 aromatic carbocycles. The van der Waals surface area contributed by atoms with Crippen molar-refractivity contribution in [3.05, 3.63) is 64.0 Å². The van der Waals surface area contributed by atoms with Gasteiger partial charge in [0, 0.05) is 11.6 Å². The Labute approximate surface area is 126 Å². The minimum atomic E-state index is -0.496. The number of para-hydroxylation sites is 1. The number of carbonyl (C=O) groups excluding carboxylic acids is 1. The second-order valence-electron chi connectivity index (χ2n) is 4.95. The third-order valence-electron chi connectivity index (χ3n) is 3.33. The van der Waals surface area contributed by atoms with Gasteiger partial charge in [0.2, 0.25) is 0 Å². The first-order chi connectivity index (χ1) is 10.6. The van der Waals surface area contributed by atoms with E-state index in [9.17, 15) is 9.59 Å². The number of aryl methyl sites for hydroxylation is 2. The molecule has 0 aliphatic carbocycles. The topological polar surface area (TPSA) is 87.7 Å². The van der Waals surface area contributed by atoms with E-state index in [2.05, 4.69) is 20.3 Å². The molecule has 0 saturated carbocycles. The van der Waals surface area contributed by atoms with Crippen LogP contribution in [0.15, 0.2) is 41.3 Å². The molecule has 6 nitrogen and oxygen atoms in total.